The van der Waals surface area contributed by atoms with Crippen molar-refractivity contribution in [3.05, 3.63) is 93.9 Å². The fourth-order valence-electron chi connectivity index (χ4n) is 3.61. The minimum absolute atomic E-state index is 0.0746. The van der Waals surface area contributed by atoms with Gasteiger partial charge in [-0.25, -0.2) is 8.78 Å². The van der Waals surface area contributed by atoms with Crippen LogP contribution in [0.1, 0.15) is 24.0 Å². The Labute approximate surface area is 184 Å². The van der Waals surface area contributed by atoms with Gasteiger partial charge in [-0.05, 0) is 56.3 Å². The maximum Gasteiger partial charge on any atom is 0.255 e. The Morgan fingerprint density at radius 1 is 1.09 bits per heavy atom. The van der Waals surface area contributed by atoms with E-state index in [0.29, 0.717) is 17.0 Å². The topological polar surface area (TPSA) is 64.8 Å². The zero-order chi connectivity index (χ0) is 22.5. The number of rotatable bonds is 6. The molecule has 6 nitrogen and oxygen atoms in total. The first-order valence-corrected chi connectivity index (χ1v) is 10.3. The molecule has 2 aromatic carbocycles. The lowest BCUT2D eigenvalue weighted by Crippen LogP contribution is -2.31. The van der Waals surface area contributed by atoms with Crippen LogP contribution in [-0.4, -0.2) is 36.6 Å². The summed E-state index contributed by atoms with van der Waals surface area (Å²) < 4.78 is 35.0. The molecule has 32 heavy (non-hydrogen) atoms. The second-order valence-corrected chi connectivity index (χ2v) is 7.42. The van der Waals surface area contributed by atoms with Crippen LogP contribution in [-0.2, 0) is 4.84 Å². The molecule has 2 heterocycles. The van der Waals surface area contributed by atoms with Gasteiger partial charge in [0.15, 0.2) is 0 Å². The maximum atomic E-state index is 14.7. The van der Waals surface area contributed by atoms with E-state index in [-0.39, 0.29) is 22.9 Å². The summed E-state index contributed by atoms with van der Waals surface area (Å²) in [6.45, 7) is 1.61. The van der Waals surface area contributed by atoms with Gasteiger partial charge in [-0.2, -0.15) is 0 Å². The standard InChI is InChI=1S/C24H23F2N3O3/c1-31-22-5-3-2-4-21(22)29-15-16(6-9-23(29)30)24(19-8-7-17(25)14-20(19)26)28-32-18-10-12-27-13-11-18/h2-9,14-15,18,27H,10-13H2,1H3/b28-24-. The summed E-state index contributed by atoms with van der Waals surface area (Å²) in [5.41, 5.74) is 0.918. The molecule has 0 aliphatic carbocycles. The lowest BCUT2D eigenvalue weighted by atomic mass is 10.0. The number of benzene rings is 2. The van der Waals surface area contributed by atoms with E-state index in [1.807, 2.05) is 0 Å². The van der Waals surface area contributed by atoms with Gasteiger partial charge < -0.3 is 14.9 Å². The van der Waals surface area contributed by atoms with Gasteiger partial charge >= 0.3 is 0 Å². The van der Waals surface area contributed by atoms with Gasteiger partial charge in [0.05, 0.1) is 12.8 Å². The molecule has 166 valence electrons. The van der Waals surface area contributed by atoms with E-state index in [0.717, 1.165) is 38.1 Å². The van der Waals surface area contributed by atoms with Crippen LogP contribution in [0.5, 0.6) is 5.75 Å². The molecule has 0 radical (unpaired) electrons. The molecule has 1 N–H and O–H groups in total. The Kier molecular flexibility index (Phi) is 6.61. The molecule has 1 saturated heterocycles. The number of para-hydroxylation sites is 2. The molecular formula is C24H23F2N3O3. The number of oxime groups is 1. The lowest BCUT2D eigenvalue weighted by Gasteiger charge is -2.21. The number of ether oxygens (including phenoxy) is 1. The molecule has 3 aromatic rings. The molecule has 0 saturated carbocycles. The van der Waals surface area contributed by atoms with E-state index < -0.39 is 11.6 Å². The first-order chi connectivity index (χ1) is 15.6. The number of hydrogen-bond donors (Lipinski definition) is 1. The van der Waals surface area contributed by atoms with Crippen LogP contribution in [0.2, 0.25) is 0 Å². The van der Waals surface area contributed by atoms with Gasteiger partial charge in [-0.15, -0.1) is 0 Å². The van der Waals surface area contributed by atoms with E-state index in [1.165, 1.54) is 23.8 Å². The third kappa shape index (κ3) is 4.70. The summed E-state index contributed by atoms with van der Waals surface area (Å²) in [6.07, 6.45) is 2.97. The average Bonchev–Trinajstić information content (AvgIpc) is 2.82. The summed E-state index contributed by atoms with van der Waals surface area (Å²) in [5, 5.41) is 7.51. The second-order valence-electron chi connectivity index (χ2n) is 7.42. The molecular weight excluding hydrogens is 416 g/mol. The van der Waals surface area contributed by atoms with Crippen molar-refractivity contribution in [2.24, 2.45) is 5.16 Å². The molecule has 1 aromatic heterocycles. The minimum Gasteiger partial charge on any atom is -0.495 e. The smallest absolute Gasteiger partial charge is 0.255 e. The van der Waals surface area contributed by atoms with Crippen molar-refractivity contribution in [2.45, 2.75) is 18.9 Å². The Morgan fingerprint density at radius 3 is 2.62 bits per heavy atom. The average molecular weight is 439 g/mol. The fraction of sp³-hybridized carbons (Fsp3) is 0.250. The molecule has 0 spiro atoms. The number of nitrogens with zero attached hydrogens (tertiary/aromatic N) is 2. The largest absolute Gasteiger partial charge is 0.495 e. The highest BCUT2D eigenvalue weighted by atomic mass is 19.1. The Balaban J connectivity index is 1.81. The number of aromatic nitrogens is 1. The molecule has 1 aliphatic heterocycles. The highest BCUT2D eigenvalue weighted by Crippen LogP contribution is 2.22. The van der Waals surface area contributed by atoms with Gasteiger partial charge in [0.25, 0.3) is 5.56 Å². The molecule has 0 atom stereocenters. The van der Waals surface area contributed by atoms with Gasteiger partial charge in [0.2, 0.25) is 0 Å². The van der Waals surface area contributed by atoms with Gasteiger partial charge in [-0.1, -0.05) is 17.3 Å². The Morgan fingerprint density at radius 2 is 1.88 bits per heavy atom. The number of halogens is 2. The molecule has 4 rings (SSSR count). The second kappa shape index (κ2) is 9.74. The summed E-state index contributed by atoms with van der Waals surface area (Å²) in [7, 11) is 1.52. The van der Waals surface area contributed by atoms with E-state index in [1.54, 1.807) is 36.5 Å². The van der Waals surface area contributed by atoms with Crippen molar-refractivity contribution in [1.82, 2.24) is 9.88 Å². The van der Waals surface area contributed by atoms with Gasteiger partial charge in [0, 0.05) is 29.5 Å². The predicted octanol–water partition coefficient (Wildman–Crippen LogP) is 3.65. The molecule has 1 fully saturated rings. The number of hydrogen-bond acceptors (Lipinski definition) is 5. The highest BCUT2D eigenvalue weighted by Gasteiger charge is 2.19. The molecule has 8 heteroatoms. The number of methoxy groups -OCH3 is 1. The van der Waals surface area contributed by atoms with Crippen molar-refractivity contribution >= 4 is 5.71 Å². The first kappa shape index (κ1) is 21.7. The number of nitrogens with one attached hydrogen (secondary N) is 1. The predicted molar refractivity (Wildman–Crippen MR) is 118 cm³/mol. The van der Waals surface area contributed by atoms with E-state index >= 15 is 0 Å². The van der Waals surface area contributed by atoms with Crippen molar-refractivity contribution in [1.29, 1.82) is 0 Å². The first-order valence-electron chi connectivity index (χ1n) is 10.3. The molecule has 0 bridgehead atoms. The molecule has 0 amide bonds. The van der Waals surface area contributed by atoms with Gasteiger partial charge in [0.1, 0.15) is 29.2 Å². The number of pyridine rings is 1. The maximum absolute atomic E-state index is 14.7. The summed E-state index contributed by atoms with van der Waals surface area (Å²) in [6, 6.07) is 13.2. The van der Waals surface area contributed by atoms with Crippen LogP contribution >= 0.6 is 0 Å². The van der Waals surface area contributed by atoms with Crippen molar-refractivity contribution in [2.75, 3.05) is 20.2 Å². The van der Waals surface area contributed by atoms with Crippen LogP contribution in [0, 0.1) is 11.6 Å². The number of piperidine rings is 1. The van der Waals surface area contributed by atoms with Crippen LogP contribution in [0.25, 0.3) is 5.69 Å². The zero-order valence-electron chi connectivity index (χ0n) is 17.6. The summed E-state index contributed by atoms with van der Waals surface area (Å²) >= 11 is 0. The molecule has 1 aliphatic rings. The summed E-state index contributed by atoms with van der Waals surface area (Å²) in [5.74, 6) is -0.958. The summed E-state index contributed by atoms with van der Waals surface area (Å²) in [4.78, 5) is 18.4. The Hall–Kier alpha value is -3.52. The van der Waals surface area contributed by atoms with Crippen molar-refractivity contribution in [3.63, 3.8) is 0 Å². The quantitative estimate of drug-likeness (QED) is 0.471. The zero-order valence-corrected chi connectivity index (χ0v) is 17.6. The highest BCUT2D eigenvalue weighted by molar-refractivity contribution is 6.12. The van der Waals surface area contributed by atoms with Crippen LogP contribution in [0.15, 0.2) is 70.7 Å². The van der Waals surface area contributed by atoms with Crippen molar-refractivity contribution in [3.8, 4) is 11.4 Å². The van der Waals surface area contributed by atoms with Crippen LogP contribution < -0.4 is 15.6 Å². The fourth-order valence-corrected chi connectivity index (χ4v) is 3.61. The van der Waals surface area contributed by atoms with Crippen molar-refractivity contribution < 1.29 is 18.4 Å². The minimum atomic E-state index is -0.771. The lowest BCUT2D eigenvalue weighted by molar-refractivity contribution is 0.0378. The SMILES string of the molecule is COc1ccccc1-n1cc(/C(=N/OC2CCNCC2)c2ccc(F)cc2F)ccc1=O. The third-order valence-corrected chi connectivity index (χ3v) is 5.29. The molecule has 0 unspecified atom stereocenters. The van der Waals surface area contributed by atoms with E-state index in [9.17, 15) is 13.6 Å². The van der Waals surface area contributed by atoms with E-state index in [4.69, 9.17) is 9.57 Å². The van der Waals surface area contributed by atoms with E-state index in [2.05, 4.69) is 10.5 Å². The third-order valence-electron chi connectivity index (χ3n) is 5.29. The van der Waals surface area contributed by atoms with Crippen LogP contribution in [0.3, 0.4) is 0 Å². The Bertz CT molecular complexity index is 1190. The van der Waals surface area contributed by atoms with Crippen LogP contribution in [0.4, 0.5) is 8.78 Å². The normalized spacial score (nSPS) is 14.9. The monoisotopic (exact) mass is 439 g/mol. The van der Waals surface area contributed by atoms with Gasteiger partial charge in [-0.3, -0.25) is 9.36 Å².